The van der Waals surface area contributed by atoms with Crippen LogP contribution in [0.15, 0.2) is 47.1 Å². The van der Waals surface area contributed by atoms with Gasteiger partial charge in [-0.1, -0.05) is 12.1 Å². The predicted molar refractivity (Wildman–Crippen MR) is 134 cm³/mol. The van der Waals surface area contributed by atoms with Crippen molar-refractivity contribution in [3.05, 3.63) is 74.9 Å². The third-order valence-corrected chi connectivity index (χ3v) is 6.64. The summed E-state index contributed by atoms with van der Waals surface area (Å²) in [5.41, 5.74) is 1.96. The quantitative estimate of drug-likeness (QED) is 0.382. The van der Waals surface area contributed by atoms with E-state index in [0.29, 0.717) is 33.2 Å². The number of alkyl halides is 3. The van der Waals surface area contributed by atoms with Crippen molar-refractivity contribution in [1.29, 1.82) is 5.26 Å². The summed E-state index contributed by atoms with van der Waals surface area (Å²) in [7, 11) is 0. The van der Waals surface area contributed by atoms with Gasteiger partial charge in [0.1, 0.15) is 5.75 Å². The van der Waals surface area contributed by atoms with E-state index in [1.54, 1.807) is 24.4 Å². The summed E-state index contributed by atoms with van der Waals surface area (Å²) in [5, 5.41) is 12.5. The third kappa shape index (κ3) is 5.97. The predicted octanol–water partition coefficient (Wildman–Crippen LogP) is 6.30. The van der Waals surface area contributed by atoms with E-state index in [1.807, 2.05) is 18.7 Å². The Hall–Kier alpha value is -3.16. The van der Waals surface area contributed by atoms with Gasteiger partial charge < -0.3 is 15.0 Å². The number of hydrogen-bond acceptors (Lipinski definition) is 6. The molecule has 0 radical (unpaired) electrons. The molecule has 1 aliphatic rings. The van der Waals surface area contributed by atoms with Gasteiger partial charge in [-0.05, 0) is 96.7 Å². The number of nitrogens with zero attached hydrogens (tertiary/aromatic N) is 4. The van der Waals surface area contributed by atoms with E-state index in [1.165, 1.54) is 12.1 Å². The van der Waals surface area contributed by atoms with Gasteiger partial charge in [-0.25, -0.2) is 4.98 Å². The van der Waals surface area contributed by atoms with Crippen molar-refractivity contribution in [3.63, 3.8) is 0 Å². The van der Waals surface area contributed by atoms with Gasteiger partial charge in [0.25, 0.3) is 0 Å². The van der Waals surface area contributed by atoms with Crippen molar-refractivity contribution in [2.45, 2.75) is 45.5 Å². The van der Waals surface area contributed by atoms with Gasteiger partial charge >= 0.3 is 6.18 Å². The largest absolute Gasteiger partial charge is 0.437 e. The highest BCUT2D eigenvalue weighted by Gasteiger charge is 2.31. The highest BCUT2D eigenvalue weighted by atomic mass is 79.9. The molecule has 10 heteroatoms. The van der Waals surface area contributed by atoms with Gasteiger partial charge in [-0.15, -0.1) is 0 Å². The van der Waals surface area contributed by atoms with Crippen LogP contribution in [0.3, 0.4) is 0 Å². The number of aromatic nitrogens is 2. The number of rotatable bonds is 6. The van der Waals surface area contributed by atoms with Gasteiger partial charge in [-0.3, -0.25) is 0 Å². The zero-order chi connectivity index (χ0) is 25.9. The minimum absolute atomic E-state index is 0.0493. The Labute approximate surface area is 216 Å². The van der Waals surface area contributed by atoms with Crippen LogP contribution in [-0.4, -0.2) is 29.1 Å². The molecule has 1 fully saturated rings. The molecule has 0 bridgehead atoms. The molecule has 0 spiro atoms. The van der Waals surface area contributed by atoms with Crippen molar-refractivity contribution in [3.8, 4) is 17.7 Å². The molecule has 0 amide bonds. The first-order valence-electron chi connectivity index (χ1n) is 11.5. The molecule has 0 saturated carbocycles. The average Bonchev–Trinajstić information content (AvgIpc) is 2.86. The first kappa shape index (κ1) is 25.9. The third-order valence-electron chi connectivity index (χ3n) is 6.10. The molecule has 1 saturated heterocycles. The summed E-state index contributed by atoms with van der Waals surface area (Å²) < 4.78 is 46.6. The van der Waals surface area contributed by atoms with Gasteiger partial charge in [-0.2, -0.15) is 23.4 Å². The van der Waals surface area contributed by atoms with Crippen molar-refractivity contribution in [1.82, 2.24) is 15.3 Å². The number of hydrogen-bond donors (Lipinski definition) is 1. The number of nitrogens with one attached hydrogen (secondary N) is 1. The number of ether oxygens (including phenoxy) is 1. The summed E-state index contributed by atoms with van der Waals surface area (Å²) >= 11 is 3.45. The number of halogens is 4. The Balaban J connectivity index is 1.69. The molecule has 4 rings (SSSR count). The van der Waals surface area contributed by atoms with E-state index < -0.39 is 11.7 Å². The molecule has 0 atom stereocenters. The second kappa shape index (κ2) is 10.8. The lowest BCUT2D eigenvalue weighted by atomic mass is 10.0. The fourth-order valence-electron chi connectivity index (χ4n) is 4.35. The molecule has 1 N–H and O–H groups in total. The number of anilines is 1. The summed E-state index contributed by atoms with van der Waals surface area (Å²) in [4.78, 5) is 11.1. The molecule has 188 valence electrons. The molecule has 36 heavy (non-hydrogen) atoms. The molecule has 0 aliphatic carbocycles. The van der Waals surface area contributed by atoms with Crippen LogP contribution in [0.25, 0.3) is 0 Å². The summed E-state index contributed by atoms with van der Waals surface area (Å²) in [5.74, 6) is 1.26. The van der Waals surface area contributed by atoms with E-state index in [2.05, 4.69) is 37.3 Å². The number of nitriles is 1. The van der Waals surface area contributed by atoms with Crippen molar-refractivity contribution in [2.75, 3.05) is 18.0 Å². The Morgan fingerprint density at radius 2 is 1.86 bits per heavy atom. The smallest absolute Gasteiger partial charge is 0.416 e. The monoisotopic (exact) mass is 559 g/mol. The Morgan fingerprint density at radius 1 is 1.17 bits per heavy atom. The maximum absolute atomic E-state index is 13.3. The summed E-state index contributed by atoms with van der Waals surface area (Å²) in [6, 6.07) is 11.0. The first-order valence-corrected chi connectivity index (χ1v) is 12.3. The maximum Gasteiger partial charge on any atom is 0.416 e. The lowest BCUT2D eigenvalue weighted by Gasteiger charge is -2.35. The van der Waals surface area contributed by atoms with Crippen LogP contribution >= 0.6 is 15.9 Å². The molecule has 3 aromatic rings. The van der Waals surface area contributed by atoms with Crippen LogP contribution in [0, 0.1) is 25.2 Å². The minimum Gasteiger partial charge on any atom is -0.437 e. The Bertz CT molecular complexity index is 1260. The molecule has 2 aromatic carbocycles. The van der Waals surface area contributed by atoms with Crippen LogP contribution in [-0.2, 0) is 12.7 Å². The van der Waals surface area contributed by atoms with E-state index >= 15 is 0 Å². The van der Waals surface area contributed by atoms with Gasteiger partial charge in [0.05, 0.1) is 27.9 Å². The van der Waals surface area contributed by atoms with Gasteiger partial charge in [0, 0.05) is 12.6 Å². The zero-order valence-corrected chi connectivity index (χ0v) is 21.4. The van der Waals surface area contributed by atoms with Crippen LogP contribution in [0.2, 0.25) is 0 Å². The van der Waals surface area contributed by atoms with E-state index in [-0.39, 0.29) is 12.6 Å². The Kier molecular flexibility index (Phi) is 7.81. The molecule has 6 nitrogen and oxygen atoms in total. The van der Waals surface area contributed by atoms with Gasteiger partial charge in [0.15, 0.2) is 0 Å². The van der Waals surface area contributed by atoms with E-state index in [9.17, 15) is 18.4 Å². The summed E-state index contributed by atoms with van der Waals surface area (Å²) in [6.45, 7) is 5.54. The van der Waals surface area contributed by atoms with Crippen molar-refractivity contribution in [2.24, 2.45) is 0 Å². The summed E-state index contributed by atoms with van der Waals surface area (Å²) in [6.07, 6.45) is -1.21. The standard InChI is InChI=1S/C26H25BrF3N5O/c1-16-10-19(13-31)11-17(2)23(16)36-24-22(27)14-33-25(34-24)35(21-6-8-32-9-7-21)15-18-4-3-5-20(12-18)26(28,29)30/h3-5,10-12,14,21,32H,6-9,15H2,1-2H3. The normalized spacial score (nSPS) is 14.4. The fraction of sp³-hybridized carbons (Fsp3) is 0.346. The van der Waals surface area contributed by atoms with Crippen LogP contribution < -0.4 is 15.0 Å². The molecular formula is C26H25BrF3N5O. The average molecular weight is 560 g/mol. The number of piperidine rings is 1. The minimum atomic E-state index is -4.42. The van der Waals surface area contributed by atoms with E-state index in [0.717, 1.165) is 43.1 Å². The van der Waals surface area contributed by atoms with E-state index in [4.69, 9.17) is 4.74 Å². The molecule has 0 unspecified atom stereocenters. The highest BCUT2D eigenvalue weighted by Crippen LogP contribution is 2.35. The number of aryl methyl sites for hydroxylation is 2. The van der Waals surface area contributed by atoms with Crippen LogP contribution in [0.1, 0.15) is 40.7 Å². The molecule has 1 aromatic heterocycles. The fourth-order valence-corrected chi connectivity index (χ4v) is 4.62. The van der Waals surface area contributed by atoms with Gasteiger partial charge in [0.2, 0.25) is 11.8 Å². The lowest BCUT2D eigenvalue weighted by molar-refractivity contribution is -0.137. The SMILES string of the molecule is Cc1cc(C#N)cc(C)c1Oc1nc(N(Cc2cccc(C(F)(F)F)c2)C2CCNCC2)ncc1Br. The van der Waals surface area contributed by atoms with Crippen molar-refractivity contribution < 1.29 is 17.9 Å². The first-order chi connectivity index (χ1) is 17.2. The van der Waals surface area contributed by atoms with Crippen molar-refractivity contribution >= 4 is 21.9 Å². The Morgan fingerprint density at radius 3 is 2.50 bits per heavy atom. The molecular weight excluding hydrogens is 535 g/mol. The maximum atomic E-state index is 13.3. The molecule has 2 heterocycles. The highest BCUT2D eigenvalue weighted by molar-refractivity contribution is 9.10. The van der Waals surface area contributed by atoms with Crippen LogP contribution in [0.4, 0.5) is 19.1 Å². The second-order valence-corrected chi connectivity index (χ2v) is 9.64. The molecule has 1 aliphatic heterocycles. The lowest BCUT2D eigenvalue weighted by Crippen LogP contribution is -2.43. The second-order valence-electron chi connectivity index (χ2n) is 8.78. The topological polar surface area (TPSA) is 74.1 Å². The number of benzene rings is 2. The zero-order valence-electron chi connectivity index (χ0n) is 19.9. The van der Waals surface area contributed by atoms with Crippen LogP contribution in [0.5, 0.6) is 11.6 Å².